The summed E-state index contributed by atoms with van der Waals surface area (Å²) in [5, 5.41) is 8.75. The molecule has 0 atom stereocenters. The van der Waals surface area contributed by atoms with Gasteiger partial charge in [0.25, 0.3) is 0 Å². The highest BCUT2D eigenvalue weighted by Gasteiger charge is 2.27. The number of benzene rings is 1. The summed E-state index contributed by atoms with van der Waals surface area (Å²) in [5.41, 5.74) is -3.85. The predicted octanol–water partition coefficient (Wildman–Crippen LogP) is 3.59. The molecule has 0 aliphatic rings. The Morgan fingerprint density at radius 3 is 2.58 bits per heavy atom. The van der Waals surface area contributed by atoms with Gasteiger partial charge in [-0.05, 0) is 30.8 Å². The molecule has 0 aliphatic heterocycles. The van der Waals surface area contributed by atoms with E-state index in [4.69, 9.17) is 14.7 Å². The van der Waals surface area contributed by atoms with Gasteiger partial charge in [-0.2, -0.15) is 18.4 Å². The van der Waals surface area contributed by atoms with E-state index in [0.717, 1.165) is 0 Å². The Morgan fingerprint density at radius 1 is 1.26 bits per heavy atom. The van der Waals surface area contributed by atoms with Crippen LogP contribution in [-0.2, 0) is 0 Å². The maximum atomic E-state index is 11.9. The lowest BCUT2D eigenvalue weighted by Crippen LogP contribution is -2.08. The Kier molecular flexibility index (Phi) is 5.83. The van der Waals surface area contributed by atoms with Crippen molar-refractivity contribution in [3.8, 4) is 17.6 Å². The summed E-state index contributed by atoms with van der Waals surface area (Å²) in [6.07, 6.45) is 0. The van der Waals surface area contributed by atoms with E-state index in [1.54, 1.807) is 6.92 Å². The second-order valence-corrected chi connectivity index (χ2v) is 4.51. The zero-order chi connectivity index (χ0) is 14.3. The Labute approximate surface area is 113 Å². The molecule has 0 saturated heterocycles. The van der Waals surface area contributed by atoms with Gasteiger partial charge in [0, 0.05) is 11.8 Å². The van der Waals surface area contributed by atoms with E-state index in [0.29, 0.717) is 23.7 Å². The van der Waals surface area contributed by atoms with Crippen LogP contribution < -0.4 is 9.47 Å². The van der Waals surface area contributed by atoms with Gasteiger partial charge in [-0.15, -0.1) is 0 Å². The topological polar surface area (TPSA) is 42.2 Å². The molecule has 0 aliphatic carbocycles. The Bertz CT molecular complexity index is 457. The Balaban J connectivity index is 2.60. The monoisotopic (exact) mass is 291 g/mol. The summed E-state index contributed by atoms with van der Waals surface area (Å²) in [6.45, 7) is 2.06. The lowest BCUT2D eigenvalue weighted by molar-refractivity contribution is -0.0329. The van der Waals surface area contributed by atoms with Crippen LogP contribution in [0.15, 0.2) is 18.2 Å². The SMILES string of the molecule is CCOc1cc(C#N)ccc1OCCSC(F)(F)F. The van der Waals surface area contributed by atoms with Crippen molar-refractivity contribution in [1.82, 2.24) is 0 Å². The minimum atomic E-state index is -4.25. The van der Waals surface area contributed by atoms with Crippen LogP contribution in [0, 0.1) is 11.3 Å². The number of nitriles is 1. The molecule has 3 nitrogen and oxygen atoms in total. The van der Waals surface area contributed by atoms with E-state index in [2.05, 4.69) is 0 Å². The highest BCUT2D eigenvalue weighted by molar-refractivity contribution is 8.00. The molecule has 0 fully saturated rings. The lowest BCUT2D eigenvalue weighted by atomic mass is 10.2. The molecule has 0 heterocycles. The molecule has 1 rings (SSSR count). The third kappa shape index (κ3) is 5.75. The zero-order valence-corrected chi connectivity index (χ0v) is 11.0. The second kappa shape index (κ2) is 7.14. The van der Waals surface area contributed by atoms with Gasteiger partial charge in [0.2, 0.25) is 0 Å². The van der Waals surface area contributed by atoms with Crippen LogP contribution in [0.3, 0.4) is 0 Å². The van der Waals surface area contributed by atoms with Crippen LogP contribution >= 0.6 is 11.8 Å². The van der Waals surface area contributed by atoms with Crippen molar-refractivity contribution in [2.24, 2.45) is 0 Å². The molecular weight excluding hydrogens is 279 g/mol. The van der Waals surface area contributed by atoms with Crippen LogP contribution in [-0.4, -0.2) is 24.5 Å². The lowest BCUT2D eigenvalue weighted by Gasteiger charge is -2.12. The summed E-state index contributed by atoms with van der Waals surface area (Å²) < 4.78 is 46.3. The van der Waals surface area contributed by atoms with Crippen LogP contribution in [0.5, 0.6) is 11.5 Å². The van der Waals surface area contributed by atoms with Crippen LogP contribution in [0.4, 0.5) is 13.2 Å². The molecule has 1 aromatic carbocycles. The summed E-state index contributed by atoms with van der Waals surface area (Å²) in [6, 6.07) is 6.49. The Hall–Kier alpha value is -1.55. The molecule has 0 spiro atoms. The van der Waals surface area contributed by atoms with Crippen LogP contribution in [0.25, 0.3) is 0 Å². The van der Waals surface area contributed by atoms with Gasteiger partial charge in [-0.25, -0.2) is 0 Å². The van der Waals surface area contributed by atoms with Gasteiger partial charge in [0.05, 0.1) is 24.8 Å². The van der Waals surface area contributed by atoms with E-state index in [1.165, 1.54) is 18.2 Å². The maximum Gasteiger partial charge on any atom is 0.441 e. The minimum Gasteiger partial charge on any atom is -0.490 e. The fourth-order valence-corrected chi connectivity index (χ4v) is 1.67. The maximum absolute atomic E-state index is 11.9. The molecule has 0 amide bonds. The molecule has 19 heavy (non-hydrogen) atoms. The second-order valence-electron chi connectivity index (χ2n) is 3.35. The number of thioether (sulfide) groups is 1. The number of halogens is 3. The number of ether oxygens (including phenoxy) is 2. The van der Waals surface area contributed by atoms with Crippen molar-refractivity contribution in [2.75, 3.05) is 19.0 Å². The average Bonchev–Trinajstić information content (AvgIpc) is 2.35. The van der Waals surface area contributed by atoms with Crippen molar-refractivity contribution in [2.45, 2.75) is 12.4 Å². The quantitative estimate of drug-likeness (QED) is 0.751. The first kappa shape index (κ1) is 15.5. The highest BCUT2D eigenvalue weighted by Crippen LogP contribution is 2.31. The van der Waals surface area contributed by atoms with Gasteiger partial charge in [-0.1, -0.05) is 0 Å². The number of hydrogen-bond acceptors (Lipinski definition) is 4. The molecule has 7 heteroatoms. The fraction of sp³-hybridized carbons (Fsp3) is 0.417. The van der Waals surface area contributed by atoms with E-state index in [1.807, 2.05) is 6.07 Å². The number of alkyl halides is 3. The standard InChI is InChI=1S/C12H12F3NO2S/c1-2-17-11-7-9(8-16)3-4-10(11)18-5-6-19-12(13,14)15/h3-4,7H,2,5-6H2,1H3. The van der Waals surface area contributed by atoms with Gasteiger partial charge < -0.3 is 9.47 Å². The normalized spacial score (nSPS) is 10.9. The largest absolute Gasteiger partial charge is 0.490 e. The van der Waals surface area contributed by atoms with E-state index < -0.39 is 5.51 Å². The van der Waals surface area contributed by atoms with Crippen molar-refractivity contribution in [3.63, 3.8) is 0 Å². The number of nitrogens with zero attached hydrogens (tertiary/aromatic N) is 1. The molecule has 1 aromatic rings. The Morgan fingerprint density at radius 2 is 2.00 bits per heavy atom. The van der Waals surface area contributed by atoms with Gasteiger partial charge >= 0.3 is 5.51 Å². The van der Waals surface area contributed by atoms with Crippen molar-refractivity contribution in [1.29, 1.82) is 5.26 Å². The molecule has 0 N–H and O–H groups in total. The number of hydrogen-bond donors (Lipinski definition) is 0. The zero-order valence-electron chi connectivity index (χ0n) is 10.2. The van der Waals surface area contributed by atoms with Gasteiger partial charge in [0.1, 0.15) is 0 Å². The fourth-order valence-electron chi connectivity index (χ4n) is 1.27. The first-order chi connectivity index (χ1) is 8.96. The molecule has 0 radical (unpaired) electrons. The van der Waals surface area contributed by atoms with E-state index in [9.17, 15) is 13.2 Å². The third-order valence-electron chi connectivity index (χ3n) is 1.98. The first-order valence-corrected chi connectivity index (χ1v) is 6.45. The summed E-state index contributed by atoms with van der Waals surface area (Å²) in [4.78, 5) is 0. The smallest absolute Gasteiger partial charge is 0.441 e. The van der Waals surface area contributed by atoms with Crippen molar-refractivity contribution in [3.05, 3.63) is 23.8 Å². The summed E-state index contributed by atoms with van der Waals surface area (Å²) >= 11 is -0.138. The summed E-state index contributed by atoms with van der Waals surface area (Å²) in [7, 11) is 0. The minimum absolute atomic E-state index is 0.0872. The number of rotatable bonds is 6. The molecule has 0 aromatic heterocycles. The molecule has 0 saturated carbocycles. The third-order valence-corrected chi connectivity index (χ3v) is 2.68. The van der Waals surface area contributed by atoms with Crippen LogP contribution in [0.1, 0.15) is 12.5 Å². The highest BCUT2D eigenvalue weighted by atomic mass is 32.2. The summed E-state index contributed by atoms with van der Waals surface area (Å²) in [5.74, 6) is 0.497. The van der Waals surface area contributed by atoms with E-state index >= 15 is 0 Å². The molecule has 104 valence electrons. The van der Waals surface area contributed by atoms with Crippen molar-refractivity contribution < 1.29 is 22.6 Å². The molecular formula is C12H12F3NO2S. The average molecular weight is 291 g/mol. The van der Waals surface area contributed by atoms with E-state index in [-0.39, 0.29) is 24.1 Å². The van der Waals surface area contributed by atoms with Crippen LogP contribution in [0.2, 0.25) is 0 Å². The predicted molar refractivity (Wildman–Crippen MR) is 66.3 cm³/mol. The van der Waals surface area contributed by atoms with Crippen molar-refractivity contribution >= 4 is 11.8 Å². The first-order valence-electron chi connectivity index (χ1n) is 5.46. The van der Waals surface area contributed by atoms with Gasteiger partial charge in [-0.3, -0.25) is 0 Å². The molecule has 0 bridgehead atoms. The molecule has 0 unspecified atom stereocenters. The van der Waals surface area contributed by atoms with Gasteiger partial charge in [0.15, 0.2) is 11.5 Å².